The van der Waals surface area contributed by atoms with Crippen LogP contribution in [0.5, 0.6) is 0 Å². The summed E-state index contributed by atoms with van der Waals surface area (Å²) in [4.78, 5) is 25.4. The highest BCUT2D eigenvalue weighted by Crippen LogP contribution is 2.26. The number of carbonyl (C=O) groups excluding carboxylic acids is 2. The molecule has 3 aromatic rings. The summed E-state index contributed by atoms with van der Waals surface area (Å²) in [5.74, 6) is 0.604. The molecule has 1 atom stereocenters. The molecule has 2 amide bonds. The highest BCUT2D eigenvalue weighted by Gasteiger charge is 2.26. The summed E-state index contributed by atoms with van der Waals surface area (Å²) in [6, 6.07) is 14.6. The number of hydrogen-bond acceptors (Lipinski definition) is 5. The van der Waals surface area contributed by atoms with Gasteiger partial charge in [-0.25, -0.2) is 0 Å². The van der Waals surface area contributed by atoms with E-state index in [1.54, 1.807) is 18.2 Å². The molecule has 0 aliphatic heterocycles. The molecule has 0 saturated heterocycles. The molecule has 1 heterocycles. The number of aromatic nitrogens is 3. The van der Waals surface area contributed by atoms with Gasteiger partial charge in [-0.05, 0) is 43.5 Å². The molecule has 34 heavy (non-hydrogen) atoms. The van der Waals surface area contributed by atoms with Gasteiger partial charge < -0.3 is 15.2 Å². The lowest BCUT2D eigenvalue weighted by molar-refractivity contribution is -0.113. The van der Waals surface area contributed by atoms with E-state index in [-0.39, 0.29) is 29.5 Å². The van der Waals surface area contributed by atoms with E-state index in [1.807, 2.05) is 68.7 Å². The van der Waals surface area contributed by atoms with Gasteiger partial charge in [-0.3, -0.25) is 9.59 Å². The number of rotatable bonds is 10. The summed E-state index contributed by atoms with van der Waals surface area (Å²) in [7, 11) is 0. The molecule has 0 unspecified atom stereocenters. The van der Waals surface area contributed by atoms with Gasteiger partial charge in [0.15, 0.2) is 11.0 Å². The molecule has 0 bridgehead atoms. The maximum atomic E-state index is 12.8. The van der Waals surface area contributed by atoms with Crippen LogP contribution in [0.25, 0.3) is 0 Å². The highest BCUT2D eigenvalue weighted by molar-refractivity contribution is 7.99. The van der Waals surface area contributed by atoms with Crippen molar-refractivity contribution in [2.45, 2.75) is 45.4 Å². The van der Waals surface area contributed by atoms with E-state index in [0.717, 1.165) is 16.8 Å². The van der Waals surface area contributed by atoms with Crippen molar-refractivity contribution in [3.8, 4) is 0 Å². The Morgan fingerprint density at radius 1 is 1.12 bits per heavy atom. The van der Waals surface area contributed by atoms with Gasteiger partial charge in [0.25, 0.3) is 5.91 Å². The molecule has 1 aromatic heterocycles. The van der Waals surface area contributed by atoms with Crippen molar-refractivity contribution in [1.29, 1.82) is 0 Å². The Morgan fingerprint density at radius 2 is 1.85 bits per heavy atom. The largest absolute Gasteiger partial charge is 0.342 e. The number of nitrogens with zero attached hydrogens (tertiary/aromatic N) is 3. The molecule has 2 aromatic carbocycles. The van der Waals surface area contributed by atoms with E-state index in [9.17, 15) is 9.59 Å². The third-order valence-corrected chi connectivity index (χ3v) is 6.28. The maximum Gasteiger partial charge on any atom is 0.251 e. The number of aryl methyl sites for hydroxylation is 2. The first kappa shape index (κ1) is 25.2. The Balaban J connectivity index is 1.74. The van der Waals surface area contributed by atoms with Crippen LogP contribution >= 0.6 is 11.8 Å². The zero-order valence-electron chi connectivity index (χ0n) is 20.0. The second-order valence-electron chi connectivity index (χ2n) is 8.46. The lowest BCUT2D eigenvalue weighted by Crippen LogP contribution is -2.33. The topological polar surface area (TPSA) is 88.9 Å². The van der Waals surface area contributed by atoms with E-state index in [4.69, 9.17) is 0 Å². The van der Waals surface area contributed by atoms with Gasteiger partial charge in [0.1, 0.15) is 0 Å². The zero-order valence-corrected chi connectivity index (χ0v) is 20.9. The third-order valence-electron chi connectivity index (χ3n) is 5.31. The summed E-state index contributed by atoms with van der Waals surface area (Å²) in [5, 5.41) is 15.4. The molecule has 3 rings (SSSR count). The molecule has 0 aliphatic rings. The van der Waals surface area contributed by atoms with Crippen molar-refractivity contribution < 1.29 is 9.59 Å². The Kier molecular flexibility index (Phi) is 8.65. The predicted molar refractivity (Wildman–Crippen MR) is 137 cm³/mol. The fourth-order valence-corrected chi connectivity index (χ4v) is 4.31. The molecule has 178 valence electrons. The van der Waals surface area contributed by atoms with E-state index in [0.29, 0.717) is 23.1 Å². The minimum absolute atomic E-state index is 0.0751. The molecule has 0 fully saturated rings. The normalized spacial score (nSPS) is 11.8. The van der Waals surface area contributed by atoms with Crippen LogP contribution in [0.1, 0.15) is 47.2 Å². The van der Waals surface area contributed by atoms with Crippen molar-refractivity contribution in [2.24, 2.45) is 5.92 Å². The van der Waals surface area contributed by atoms with Crippen molar-refractivity contribution in [1.82, 2.24) is 20.1 Å². The quantitative estimate of drug-likeness (QED) is 0.319. The van der Waals surface area contributed by atoms with E-state index < -0.39 is 0 Å². The van der Waals surface area contributed by atoms with Crippen LogP contribution < -0.4 is 10.6 Å². The smallest absolute Gasteiger partial charge is 0.251 e. The summed E-state index contributed by atoms with van der Waals surface area (Å²) in [6.45, 7) is 12.3. The zero-order chi connectivity index (χ0) is 24.7. The first-order valence-corrected chi connectivity index (χ1v) is 12.2. The molecular formula is C26H31N5O2S. The lowest BCUT2D eigenvalue weighted by atomic mass is 10.0. The first-order chi connectivity index (χ1) is 16.3. The Morgan fingerprint density at radius 3 is 2.50 bits per heavy atom. The van der Waals surface area contributed by atoms with Crippen LogP contribution in [0.4, 0.5) is 5.69 Å². The van der Waals surface area contributed by atoms with Crippen LogP contribution in [-0.2, 0) is 11.3 Å². The van der Waals surface area contributed by atoms with E-state index in [2.05, 4.69) is 27.4 Å². The van der Waals surface area contributed by atoms with Gasteiger partial charge in [-0.1, -0.05) is 67.6 Å². The van der Waals surface area contributed by atoms with Crippen LogP contribution in [0, 0.1) is 19.8 Å². The fraction of sp³-hybridized carbons (Fsp3) is 0.308. The minimum Gasteiger partial charge on any atom is -0.342 e. The Bertz CT molecular complexity index is 1160. The lowest BCUT2D eigenvalue weighted by Gasteiger charge is -2.22. The maximum absolute atomic E-state index is 12.8. The van der Waals surface area contributed by atoms with Crippen LogP contribution in [0.3, 0.4) is 0 Å². The Labute approximate surface area is 205 Å². The molecule has 0 aliphatic carbocycles. The monoisotopic (exact) mass is 477 g/mol. The van der Waals surface area contributed by atoms with Crippen LogP contribution in [-0.4, -0.2) is 32.3 Å². The van der Waals surface area contributed by atoms with Crippen molar-refractivity contribution >= 4 is 29.3 Å². The second kappa shape index (κ2) is 11.7. The average Bonchev–Trinajstić information content (AvgIpc) is 3.20. The fourth-order valence-electron chi connectivity index (χ4n) is 3.55. The summed E-state index contributed by atoms with van der Waals surface area (Å²) < 4.78 is 1.90. The second-order valence-corrected chi connectivity index (χ2v) is 9.40. The van der Waals surface area contributed by atoms with Gasteiger partial charge in [0, 0.05) is 17.8 Å². The van der Waals surface area contributed by atoms with Gasteiger partial charge in [-0.15, -0.1) is 16.8 Å². The average molecular weight is 478 g/mol. The molecule has 2 N–H and O–H groups in total. The van der Waals surface area contributed by atoms with Gasteiger partial charge in [0.2, 0.25) is 5.91 Å². The SMILES string of the molecule is C=CCn1c(SCC(=O)Nc2ccc(C)cc2C)nnc1[C@H](NC(=O)c1ccccc1)C(C)C. The number of thioether (sulfide) groups is 1. The molecular weight excluding hydrogens is 446 g/mol. The number of benzene rings is 2. The highest BCUT2D eigenvalue weighted by atomic mass is 32.2. The van der Waals surface area contributed by atoms with Crippen LogP contribution in [0.2, 0.25) is 0 Å². The number of amides is 2. The number of hydrogen-bond donors (Lipinski definition) is 2. The number of nitrogens with one attached hydrogen (secondary N) is 2. The predicted octanol–water partition coefficient (Wildman–Crippen LogP) is 4.94. The standard InChI is InChI=1S/C26H31N5O2S/c1-6-14-31-24(23(17(2)3)28-25(33)20-10-8-7-9-11-20)29-30-26(31)34-16-22(32)27-21-13-12-18(4)15-19(21)5/h6-13,15,17,23H,1,14,16H2,2-5H3,(H,27,32)(H,28,33)/t23-/m1/s1. The van der Waals surface area contributed by atoms with Gasteiger partial charge >= 0.3 is 0 Å². The van der Waals surface area contributed by atoms with Gasteiger partial charge in [-0.2, -0.15) is 0 Å². The summed E-state index contributed by atoms with van der Waals surface area (Å²) in [6.07, 6.45) is 1.75. The summed E-state index contributed by atoms with van der Waals surface area (Å²) in [5.41, 5.74) is 3.55. The van der Waals surface area contributed by atoms with Crippen LogP contribution in [0.15, 0.2) is 66.3 Å². The number of carbonyl (C=O) groups is 2. The third kappa shape index (κ3) is 6.35. The number of anilines is 1. The first-order valence-electron chi connectivity index (χ1n) is 11.2. The Hall–Kier alpha value is -3.39. The molecule has 0 saturated carbocycles. The number of allylic oxidation sites excluding steroid dienone is 1. The van der Waals surface area contributed by atoms with Gasteiger partial charge in [0.05, 0.1) is 11.8 Å². The van der Waals surface area contributed by atoms with Crippen molar-refractivity contribution in [3.63, 3.8) is 0 Å². The summed E-state index contributed by atoms with van der Waals surface area (Å²) >= 11 is 1.31. The van der Waals surface area contributed by atoms with E-state index in [1.165, 1.54) is 11.8 Å². The minimum atomic E-state index is -0.349. The van der Waals surface area contributed by atoms with Crippen molar-refractivity contribution in [3.05, 3.63) is 83.7 Å². The molecule has 7 nitrogen and oxygen atoms in total. The molecule has 0 radical (unpaired) electrons. The van der Waals surface area contributed by atoms with E-state index >= 15 is 0 Å². The molecule has 0 spiro atoms. The van der Waals surface area contributed by atoms with Crippen molar-refractivity contribution in [2.75, 3.05) is 11.1 Å². The molecule has 8 heteroatoms.